The number of rotatable bonds is 4. The molecule has 1 saturated heterocycles. The number of H-pyrrole nitrogens is 1. The summed E-state index contributed by atoms with van der Waals surface area (Å²) in [6, 6.07) is 5.10. The molecule has 0 saturated carbocycles. The number of nitrogens with zero attached hydrogens (tertiary/aromatic N) is 5. The van der Waals surface area contributed by atoms with Crippen LogP contribution in [0.5, 0.6) is 0 Å². The number of nitrogens with one attached hydrogen (secondary N) is 1. The van der Waals surface area contributed by atoms with Gasteiger partial charge < -0.3 is 9.88 Å². The van der Waals surface area contributed by atoms with Gasteiger partial charge in [0.2, 0.25) is 0 Å². The normalized spacial score (nSPS) is 20.6. The van der Waals surface area contributed by atoms with E-state index in [0.29, 0.717) is 46.0 Å². The maximum absolute atomic E-state index is 13.6. The third-order valence-corrected chi connectivity index (χ3v) is 7.35. The molecule has 0 aliphatic carbocycles. The van der Waals surface area contributed by atoms with Crippen molar-refractivity contribution >= 4 is 56.8 Å². The Morgan fingerprint density at radius 2 is 1.88 bits per heavy atom. The number of halogens is 3. The Kier molecular flexibility index (Phi) is 6.24. The monoisotopic (exact) mass is 590 g/mol. The van der Waals surface area contributed by atoms with E-state index in [-0.39, 0.29) is 29.6 Å². The zero-order valence-electron chi connectivity index (χ0n) is 18.5. The molecule has 0 bridgehead atoms. The van der Waals surface area contributed by atoms with Gasteiger partial charge in [-0.3, -0.25) is 4.79 Å². The van der Waals surface area contributed by atoms with Crippen LogP contribution < -0.4 is 4.90 Å². The van der Waals surface area contributed by atoms with Gasteiger partial charge in [-0.05, 0) is 67.5 Å². The predicted molar refractivity (Wildman–Crippen MR) is 137 cm³/mol. The van der Waals surface area contributed by atoms with E-state index in [9.17, 15) is 9.18 Å². The van der Waals surface area contributed by atoms with Crippen LogP contribution in [-0.2, 0) is 0 Å². The van der Waals surface area contributed by atoms with Crippen molar-refractivity contribution in [1.82, 2.24) is 24.9 Å². The summed E-state index contributed by atoms with van der Waals surface area (Å²) in [5.41, 5.74) is 1.61. The minimum atomic E-state index is -0.355. The molecule has 0 radical (unpaired) electrons. The van der Waals surface area contributed by atoms with Crippen LogP contribution in [0.15, 0.2) is 43.0 Å². The summed E-state index contributed by atoms with van der Waals surface area (Å²) in [6.45, 7) is 4.16. The molecular formula is C24H21ClFIN6O. The van der Waals surface area contributed by atoms with Crippen LogP contribution in [0, 0.1) is 15.3 Å². The Bertz CT molecular complexity index is 1370. The zero-order valence-corrected chi connectivity index (χ0v) is 21.4. The summed E-state index contributed by atoms with van der Waals surface area (Å²) in [4.78, 5) is 36.2. The number of pyridine rings is 2. The molecule has 4 aromatic rings. The highest BCUT2D eigenvalue weighted by Crippen LogP contribution is 2.37. The van der Waals surface area contributed by atoms with Crippen molar-refractivity contribution in [3.8, 4) is 11.5 Å². The first-order valence-corrected chi connectivity index (χ1v) is 12.4. The molecule has 1 aliphatic rings. The standard InChI is InChI=1S/C24H21ClFIN6O/c1-12-6-14(7-13(2)33(12)24-19(27)8-15(26)10-31-24)21(34)17-11-30-22-16(17)9-18(25)20(32-22)23-28-4-3-5-29-23/h3-5,8-14H,6-7H2,1-2H3,(H,30,32)/t12-,13-/m1/s1. The Morgan fingerprint density at radius 3 is 2.56 bits per heavy atom. The van der Waals surface area contributed by atoms with Crippen LogP contribution >= 0.6 is 34.2 Å². The van der Waals surface area contributed by atoms with E-state index >= 15 is 0 Å². The Hall–Kier alpha value is -2.66. The number of fused-ring (bicyclic) bond motifs is 1. The molecule has 1 aliphatic heterocycles. The molecule has 0 spiro atoms. The maximum atomic E-state index is 13.6. The van der Waals surface area contributed by atoms with Crippen molar-refractivity contribution in [1.29, 1.82) is 0 Å². The predicted octanol–water partition coefficient (Wildman–Crippen LogP) is 5.69. The van der Waals surface area contributed by atoms with Gasteiger partial charge in [0.1, 0.15) is 23.0 Å². The molecule has 1 N–H and O–H groups in total. The van der Waals surface area contributed by atoms with Crippen LogP contribution in [0.25, 0.3) is 22.6 Å². The molecule has 34 heavy (non-hydrogen) atoms. The number of ketones is 1. The lowest BCUT2D eigenvalue weighted by molar-refractivity contribution is 0.0879. The first-order valence-electron chi connectivity index (χ1n) is 10.9. The van der Waals surface area contributed by atoms with Crippen molar-refractivity contribution in [2.75, 3.05) is 4.90 Å². The second-order valence-electron chi connectivity index (χ2n) is 8.59. The fraction of sp³-hybridized carbons (Fsp3) is 0.292. The molecule has 0 amide bonds. The van der Waals surface area contributed by atoms with Crippen LogP contribution in [0.3, 0.4) is 0 Å². The third-order valence-electron chi connectivity index (χ3n) is 6.27. The molecule has 5 rings (SSSR count). The number of carbonyl (C=O) groups is 1. The summed E-state index contributed by atoms with van der Waals surface area (Å²) in [5, 5.41) is 1.08. The van der Waals surface area contributed by atoms with E-state index in [1.165, 1.54) is 12.3 Å². The van der Waals surface area contributed by atoms with E-state index in [1.54, 1.807) is 30.7 Å². The molecule has 2 atom stereocenters. The Morgan fingerprint density at radius 1 is 1.18 bits per heavy atom. The average Bonchev–Trinajstić information content (AvgIpc) is 3.22. The quantitative estimate of drug-likeness (QED) is 0.243. The first-order chi connectivity index (χ1) is 16.3. The highest BCUT2D eigenvalue weighted by molar-refractivity contribution is 14.1. The summed E-state index contributed by atoms with van der Waals surface area (Å²) in [6.07, 6.45) is 7.55. The van der Waals surface area contributed by atoms with Crippen LogP contribution in [0.2, 0.25) is 5.02 Å². The van der Waals surface area contributed by atoms with Crippen molar-refractivity contribution in [2.24, 2.45) is 5.92 Å². The van der Waals surface area contributed by atoms with E-state index in [1.807, 2.05) is 0 Å². The van der Waals surface area contributed by atoms with E-state index in [0.717, 1.165) is 9.39 Å². The van der Waals surface area contributed by atoms with Crippen molar-refractivity contribution in [3.63, 3.8) is 0 Å². The van der Waals surface area contributed by atoms with Crippen LogP contribution in [0.1, 0.15) is 37.0 Å². The zero-order chi connectivity index (χ0) is 24.0. The largest absolute Gasteiger partial charge is 0.350 e. The lowest BCUT2D eigenvalue weighted by atomic mass is 9.82. The van der Waals surface area contributed by atoms with Crippen LogP contribution in [-0.4, -0.2) is 42.8 Å². The number of hydrogen-bond donors (Lipinski definition) is 1. The molecule has 7 nitrogen and oxygen atoms in total. The minimum absolute atomic E-state index is 0.0629. The minimum Gasteiger partial charge on any atom is -0.350 e. The van der Waals surface area contributed by atoms with Gasteiger partial charge in [0.25, 0.3) is 0 Å². The number of aromatic amines is 1. The summed E-state index contributed by atoms with van der Waals surface area (Å²) < 4.78 is 14.3. The van der Waals surface area contributed by atoms with Gasteiger partial charge in [0.15, 0.2) is 11.6 Å². The molecular weight excluding hydrogens is 570 g/mol. The van der Waals surface area contributed by atoms with Crippen molar-refractivity contribution in [3.05, 3.63) is 63.0 Å². The summed E-state index contributed by atoms with van der Waals surface area (Å²) in [7, 11) is 0. The average molecular weight is 591 g/mol. The molecule has 5 heterocycles. The summed E-state index contributed by atoms with van der Waals surface area (Å²) >= 11 is 8.62. The highest BCUT2D eigenvalue weighted by atomic mass is 127. The second-order valence-corrected chi connectivity index (χ2v) is 10.2. The van der Waals surface area contributed by atoms with Gasteiger partial charge in [-0.1, -0.05) is 11.6 Å². The lowest BCUT2D eigenvalue weighted by Crippen LogP contribution is -2.49. The smallest absolute Gasteiger partial charge is 0.179 e. The second kappa shape index (κ2) is 9.18. The number of aromatic nitrogens is 5. The number of hydrogen-bond acceptors (Lipinski definition) is 6. The Balaban J connectivity index is 1.42. The molecule has 10 heteroatoms. The van der Waals surface area contributed by atoms with Gasteiger partial charge in [0.05, 0.1) is 14.8 Å². The van der Waals surface area contributed by atoms with Gasteiger partial charge in [-0.15, -0.1) is 0 Å². The Labute approximate surface area is 214 Å². The first kappa shape index (κ1) is 23.1. The van der Waals surface area contributed by atoms with E-state index in [4.69, 9.17) is 11.6 Å². The molecule has 1 fully saturated rings. The van der Waals surface area contributed by atoms with Gasteiger partial charge in [0, 0.05) is 47.5 Å². The fourth-order valence-electron chi connectivity index (χ4n) is 4.83. The summed E-state index contributed by atoms with van der Waals surface area (Å²) in [5.74, 6) is 0.733. The molecule has 174 valence electrons. The lowest BCUT2D eigenvalue weighted by Gasteiger charge is -2.43. The topological polar surface area (TPSA) is 87.7 Å². The van der Waals surface area contributed by atoms with Crippen LogP contribution in [0.4, 0.5) is 10.2 Å². The number of Topliss-reactive ketones (excluding diaryl/α,β-unsaturated/α-hetero) is 1. The molecule has 0 aromatic carbocycles. The van der Waals surface area contributed by atoms with Gasteiger partial charge in [-0.25, -0.2) is 24.3 Å². The number of piperidine rings is 1. The van der Waals surface area contributed by atoms with Crippen molar-refractivity contribution < 1.29 is 9.18 Å². The molecule has 4 aromatic heterocycles. The van der Waals surface area contributed by atoms with Crippen molar-refractivity contribution in [2.45, 2.75) is 38.8 Å². The highest BCUT2D eigenvalue weighted by Gasteiger charge is 2.37. The van der Waals surface area contributed by atoms with E-state index in [2.05, 4.69) is 66.3 Å². The molecule has 0 unspecified atom stereocenters. The number of anilines is 1. The van der Waals surface area contributed by atoms with Gasteiger partial charge >= 0.3 is 0 Å². The third kappa shape index (κ3) is 4.15. The fourth-order valence-corrected chi connectivity index (χ4v) is 5.79. The van der Waals surface area contributed by atoms with Gasteiger partial charge in [-0.2, -0.15) is 0 Å². The maximum Gasteiger partial charge on any atom is 0.179 e. The number of carbonyl (C=O) groups excluding carboxylic acids is 1. The SMILES string of the molecule is C[C@@H]1CC(C(=O)c2c[nH]c3nc(-c4ncccn4)c(Cl)cc23)C[C@@H](C)N1c1ncc(F)cc1I. The van der Waals surface area contributed by atoms with E-state index < -0.39 is 0 Å².